The van der Waals surface area contributed by atoms with E-state index in [0.29, 0.717) is 12.8 Å². The molecule has 5 heteroatoms. The van der Waals surface area contributed by atoms with Gasteiger partial charge in [-0.05, 0) is 6.42 Å². The van der Waals surface area contributed by atoms with E-state index in [9.17, 15) is 9.59 Å². The molecule has 0 radical (unpaired) electrons. The molecule has 106 valence electrons. The average molecular weight is 268 g/mol. The summed E-state index contributed by atoms with van der Waals surface area (Å²) in [6.07, 6.45) is 6.41. The van der Waals surface area contributed by atoms with Crippen LogP contribution in [0, 0.1) is 5.92 Å². The molecule has 4 atom stereocenters. The lowest BCUT2D eigenvalue weighted by molar-refractivity contribution is -0.156. The minimum Gasteiger partial charge on any atom is -0.481 e. The van der Waals surface area contributed by atoms with E-state index in [1.807, 2.05) is 19.1 Å². The number of esters is 1. The lowest BCUT2D eigenvalue weighted by Crippen LogP contribution is -2.28. The van der Waals surface area contributed by atoms with E-state index in [1.54, 1.807) is 0 Å². The zero-order valence-electron chi connectivity index (χ0n) is 11.1. The molecule has 2 rings (SSSR count). The monoisotopic (exact) mass is 268 g/mol. The molecule has 2 aliphatic heterocycles. The highest BCUT2D eigenvalue weighted by atomic mass is 16.6. The Morgan fingerprint density at radius 2 is 2.26 bits per heavy atom. The summed E-state index contributed by atoms with van der Waals surface area (Å²) in [7, 11) is 0. The Kier molecular flexibility index (Phi) is 4.58. The second-order valence-electron chi connectivity index (χ2n) is 5.17. The van der Waals surface area contributed by atoms with Crippen molar-refractivity contribution >= 4 is 11.9 Å². The van der Waals surface area contributed by atoms with Gasteiger partial charge in [-0.1, -0.05) is 31.9 Å². The number of hydrogen-bond acceptors (Lipinski definition) is 4. The lowest BCUT2D eigenvalue weighted by atomic mass is 9.98. The molecular formula is C14H20O5. The van der Waals surface area contributed by atoms with E-state index >= 15 is 0 Å². The van der Waals surface area contributed by atoms with Crippen LogP contribution in [0.25, 0.3) is 0 Å². The number of carboxylic acids is 1. The maximum atomic E-state index is 11.8. The molecule has 5 nitrogen and oxygen atoms in total. The largest absolute Gasteiger partial charge is 0.481 e. The molecule has 1 N–H and O–H groups in total. The minimum absolute atomic E-state index is 0.0487. The van der Waals surface area contributed by atoms with E-state index in [-0.39, 0.29) is 24.7 Å². The Labute approximate surface area is 112 Å². The van der Waals surface area contributed by atoms with Crippen LogP contribution in [-0.2, 0) is 19.1 Å². The SMILES string of the molecule is CCCCC(CC(=O)OC1CC2C=CC1O2)C(=O)O. The maximum Gasteiger partial charge on any atom is 0.307 e. The van der Waals surface area contributed by atoms with Gasteiger partial charge in [0, 0.05) is 6.42 Å². The number of carbonyl (C=O) groups is 2. The van der Waals surface area contributed by atoms with Gasteiger partial charge in [-0.25, -0.2) is 0 Å². The van der Waals surface area contributed by atoms with Crippen molar-refractivity contribution < 1.29 is 24.2 Å². The van der Waals surface area contributed by atoms with E-state index < -0.39 is 17.9 Å². The van der Waals surface area contributed by atoms with Crippen molar-refractivity contribution in [1.29, 1.82) is 0 Å². The summed E-state index contributed by atoms with van der Waals surface area (Å²) in [5, 5.41) is 9.07. The highest BCUT2D eigenvalue weighted by Crippen LogP contribution is 2.31. The molecule has 2 heterocycles. The van der Waals surface area contributed by atoms with Crippen molar-refractivity contribution in [2.45, 2.75) is 57.3 Å². The van der Waals surface area contributed by atoms with Gasteiger partial charge in [-0.15, -0.1) is 0 Å². The first-order chi connectivity index (χ1) is 9.10. The fourth-order valence-corrected chi connectivity index (χ4v) is 2.53. The molecule has 0 saturated carbocycles. The molecule has 0 aliphatic carbocycles. The third-order valence-electron chi connectivity index (χ3n) is 3.63. The number of carboxylic acid groups (broad SMARTS) is 1. The number of ether oxygens (including phenoxy) is 2. The van der Waals surface area contributed by atoms with Crippen LogP contribution in [0.1, 0.15) is 39.0 Å². The van der Waals surface area contributed by atoms with E-state index in [0.717, 1.165) is 12.8 Å². The summed E-state index contributed by atoms with van der Waals surface area (Å²) < 4.78 is 10.8. The summed E-state index contributed by atoms with van der Waals surface area (Å²) in [6, 6.07) is 0. The fourth-order valence-electron chi connectivity index (χ4n) is 2.53. The standard InChI is InChI=1S/C14H20O5/c1-2-3-4-9(14(16)17)7-13(15)19-12-8-10-5-6-11(12)18-10/h5-6,9-12H,2-4,7-8H2,1H3,(H,16,17). The van der Waals surface area contributed by atoms with Crippen LogP contribution in [0.15, 0.2) is 12.2 Å². The van der Waals surface area contributed by atoms with Gasteiger partial charge >= 0.3 is 11.9 Å². The fraction of sp³-hybridized carbons (Fsp3) is 0.714. The van der Waals surface area contributed by atoms with Crippen LogP contribution >= 0.6 is 0 Å². The molecule has 0 aromatic rings. The van der Waals surface area contributed by atoms with Gasteiger partial charge in [-0.3, -0.25) is 9.59 Å². The number of unbranched alkanes of at least 4 members (excludes halogenated alkanes) is 1. The molecule has 0 aromatic heterocycles. The highest BCUT2D eigenvalue weighted by Gasteiger charge is 2.39. The zero-order chi connectivity index (χ0) is 13.8. The van der Waals surface area contributed by atoms with Gasteiger partial charge in [0.1, 0.15) is 12.2 Å². The normalized spacial score (nSPS) is 29.4. The van der Waals surface area contributed by atoms with Crippen LogP contribution in [0.3, 0.4) is 0 Å². The van der Waals surface area contributed by atoms with Crippen LogP contribution < -0.4 is 0 Å². The van der Waals surface area contributed by atoms with Crippen molar-refractivity contribution in [2.75, 3.05) is 0 Å². The number of aliphatic carboxylic acids is 1. The maximum absolute atomic E-state index is 11.8. The van der Waals surface area contributed by atoms with E-state index in [2.05, 4.69) is 0 Å². The molecule has 0 aromatic carbocycles. The van der Waals surface area contributed by atoms with Crippen molar-refractivity contribution in [2.24, 2.45) is 5.92 Å². The Hall–Kier alpha value is -1.36. The third kappa shape index (κ3) is 3.56. The lowest BCUT2D eigenvalue weighted by Gasteiger charge is -2.18. The molecule has 2 aliphatic rings. The van der Waals surface area contributed by atoms with Crippen molar-refractivity contribution in [3.8, 4) is 0 Å². The molecule has 1 saturated heterocycles. The van der Waals surface area contributed by atoms with Gasteiger partial charge in [-0.2, -0.15) is 0 Å². The number of carbonyl (C=O) groups excluding carboxylic acids is 1. The third-order valence-corrected chi connectivity index (χ3v) is 3.63. The smallest absolute Gasteiger partial charge is 0.307 e. The second-order valence-corrected chi connectivity index (χ2v) is 5.17. The first kappa shape index (κ1) is 14.1. The van der Waals surface area contributed by atoms with Crippen LogP contribution in [-0.4, -0.2) is 35.4 Å². The van der Waals surface area contributed by atoms with E-state index in [4.69, 9.17) is 14.6 Å². The Balaban J connectivity index is 1.79. The van der Waals surface area contributed by atoms with Gasteiger partial charge in [0.2, 0.25) is 0 Å². The summed E-state index contributed by atoms with van der Waals surface area (Å²) in [6.45, 7) is 2.00. The van der Waals surface area contributed by atoms with Gasteiger partial charge in [0.25, 0.3) is 0 Å². The number of rotatable bonds is 7. The summed E-state index contributed by atoms with van der Waals surface area (Å²) in [5.41, 5.74) is 0. The van der Waals surface area contributed by atoms with Crippen molar-refractivity contribution in [1.82, 2.24) is 0 Å². The number of fused-ring (bicyclic) bond motifs is 2. The molecule has 2 bridgehead atoms. The quantitative estimate of drug-likeness (QED) is 0.564. The first-order valence-corrected chi connectivity index (χ1v) is 6.86. The van der Waals surface area contributed by atoms with E-state index in [1.165, 1.54) is 0 Å². The molecule has 19 heavy (non-hydrogen) atoms. The average Bonchev–Trinajstić information content (AvgIpc) is 2.96. The first-order valence-electron chi connectivity index (χ1n) is 6.86. The Morgan fingerprint density at radius 1 is 1.47 bits per heavy atom. The molecule has 1 fully saturated rings. The van der Waals surface area contributed by atoms with Gasteiger partial charge in [0.15, 0.2) is 0 Å². The summed E-state index contributed by atoms with van der Waals surface area (Å²) in [5.74, 6) is -1.99. The zero-order valence-corrected chi connectivity index (χ0v) is 11.1. The summed E-state index contributed by atoms with van der Waals surface area (Å²) >= 11 is 0. The van der Waals surface area contributed by atoms with Crippen molar-refractivity contribution in [3.05, 3.63) is 12.2 Å². The number of hydrogen-bond donors (Lipinski definition) is 1. The second kappa shape index (κ2) is 6.19. The van der Waals surface area contributed by atoms with Crippen LogP contribution in [0.4, 0.5) is 0 Å². The van der Waals surface area contributed by atoms with Crippen LogP contribution in [0.2, 0.25) is 0 Å². The van der Waals surface area contributed by atoms with Gasteiger partial charge in [0.05, 0.1) is 18.4 Å². The molecular weight excluding hydrogens is 248 g/mol. The molecule has 0 amide bonds. The molecule has 0 spiro atoms. The predicted octanol–water partition coefficient (Wildman–Crippen LogP) is 1.91. The highest BCUT2D eigenvalue weighted by molar-refractivity contribution is 5.78. The minimum atomic E-state index is -0.922. The Bertz CT molecular complexity index is 376. The topological polar surface area (TPSA) is 72.8 Å². The summed E-state index contributed by atoms with van der Waals surface area (Å²) in [4.78, 5) is 22.9. The van der Waals surface area contributed by atoms with Gasteiger partial charge < -0.3 is 14.6 Å². The predicted molar refractivity (Wildman–Crippen MR) is 67.6 cm³/mol. The van der Waals surface area contributed by atoms with Crippen molar-refractivity contribution in [3.63, 3.8) is 0 Å². The molecule has 4 unspecified atom stereocenters. The van der Waals surface area contributed by atoms with Crippen LogP contribution in [0.5, 0.6) is 0 Å². The Morgan fingerprint density at radius 3 is 2.79 bits per heavy atom.